The van der Waals surface area contributed by atoms with Gasteiger partial charge in [0.05, 0.1) is 19.6 Å². The Morgan fingerprint density at radius 3 is 2.71 bits per heavy atom. The van der Waals surface area contributed by atoms with E-state index in [9.17, 15) is 10.1 Å². The number of rotatable bonds is 6. The number of hydrogen-bond donors (Lipinski definition) is 1. The summed E-state index contributed by atoms with van der Waals surface area (Å²) < 4.78 is 10.5. The molecule has 0 unspecified atom stereocenters. The van der Waals surface area contributed by atoms with Crippen LogP contribution >= 0.6 is 11.3 Å². The van der Waals surface area contributed by atoms with Crippen LogP contribution in [0.1, 0.15) is 5.56 Å². The molecule has 0 saturated heterocycles. The molecule has 0 radical (unpaired) electrons. The van der Waals surface area contributed by atoms with Crippen LogP contribution in [-0.4, -0.2) is 29.1 Å². The Kier molecular flexibility index (Phi) is 4.43. The van der Waals surface area contributed by atoms with Gasteiger partial charge < -0.3 is 24.9 Å². The fraction of sp³-hybridized carbons (Fsp3) is 0.200. The normalized spacial score (nSPS) is 10.6. The van der Waals surface area contributed by atoms with Gasteiger partial charge in [0.2, 0.25) is 10.6 Å². The van der Waals surface area contributed by atoms with Crippen molar-refractivity contribution in [1.82, 2.24) is 9.97 Å². The molecule has 2 aromatic heterocycles. The maximum Gasteiger partial charge on any atom is 0.472 e. The monoisotopic (exact) mass is 346 g/mol. The molecule has 0 amide bonds. The molecule has 0 saturated carbocycles. The van der Waals surface area contributed by atoms with Gasteiger partial charge in [0, 0.05) is 6.54 Å². The van der Waals surface area contributed by atoms with Crippen LogP contribution in [-0.2, 0) is 6.54 Å². The van der Waals surface area contributed by atoms with Crippen LogP contribution < -0.4 is 14.8 Å². The summed E-state index contributed by atoms with van der Waals surface area (Å²) in [5, 5.41) is 16.7. The molecule has 3 aromatic rings. The Hall–Kier alpha value is -2.94. The predicted octanol–water partition coefficient (Wildman–Crippen LogP) is 3.23. The van der Waals surface area contributed by atoms with Crippen LogP contribution in [0.2, 0.25) is 0 Å². The van der Waals surface area contributed by atoms with Crippen LogP contribution in [0, 0.1) is 10.1 Å². The van der Waals surface area contributed by atoms with Crippen LogP contribution in [0.3, 0.4) is 0 Å². The lowest BCUT2D eigenvalue weighted by Crippen LogP contribution is -2.05. The van der Waals surface area contributed by atoms with Gasteiger partial charge >= 0.3 is 5.95 Å². The number of nitro groups is 1. The lowest BCUT2D eigenvalue weighted by atomic mass is 10.2. The molecule has 3 rings (SSSR count). The van der Waals surface area contributed by atoms with Crippen molar-refractivity contribution in [1.29, 1.82) is 0 Å². The fourth-order valence-electron chi connectivity index (χ4n) is 2.24. The minimum absolute atomic E-state index is 0.417. The van der Waals surface area contributed by atoms with Gasteiger partial charge in [-0.15, -0.1) is 11.3 Å². The summed E-state index contributed by atoms with van der Waals surface area (Å²) in [6, 6.07) is 7.36. The molecule has 1 aromatic carbocycles. The third-order valence-electron chi connectivity index (χ3n) is 3.38. The van der Waals surface area contributed by atoms with E-state index in [1.165, 1.54) is 11.3 Å². The molecule has 2 heterocycles. The number of nitrogens with zero attached hydrogens (tertiary/aromatic N) is 3. The maximum absolute atomic E-state index is 11.0. The van der Waals surface area contributed by atoms with Gasteiger partial charge in [0.25, 0.3) is 0 Å². The molecule has 8 nitrogen and oxygen atoms in total. The Labute approximate surface area is 141 Å². The van der Waals surface area contributed by atoms with Gasteiger partial charge in [-0.25, -0.2) is 0 Å². The number of nitrogens with one attached hydrogen (secondary N) is 1. The van der Waals surface area contributed by atoms with E-state index in [1.807, 2.05) is 23.6 Å². The number of benzene rings is 1. The Morgan fingerprint density at radius 2 is 2.00 bits per heavy atom. The first-order valence-electron chi connectivity index (χ1n) is 6.96. The fourth-order valence-corrected chi connectivity index (χ4v) is 3.00. The largest absolute Gasteiger partial charge is 0.493 e. The number of anilines is 1. The quantitative estimate of drug-likeness (QED) is 0.540. The molecule has 9 heteroatoms. The highest BCUT2D eigenvalue weighted by molar-refractivity contribution is 7.16. The molecular weight excluding hydrogens is 332 g/mol. The Morgan fingerprint density at radius 1 is 1.21 bits per heavy atom. The zero-order valence-electron chi connectivity index (χ0n) is 13.0. The molecule has 0 atom stereocenters. The van der Waals surface area contributed by atoms with Gasteiger partial charge in [-0.05, 0) is 39.0 Å². The zero-order chi connectivity index (χ0) is 17.1. The topological polar surface area (TPSA) is 99.4 Å². The summed E-state index contributed by atoms with van der Waals surface area (Å²) in [6.45, 7) is 0.430. The van der Waals surface area contributed by atoms with Crippen LogP contribution in [0.5, 0.6) is 11.5 Å². The molecule has 0 fully saturated rings. The number of aromatic nitrogens is 2. The zero-order valence-corrected chi connectivity index (χ0v) is 13.8. The predicted molar refractivity (Wildman–Crippen MR) is 90.9 cm³/mol. The third kappa shape index (κ3) is 3.06. The van der Waals surface area contributed by atoms with Gasteiger partial charge in [0.1, 0.15) is 0 Å². The highest BCUT2D eigenvalue weighted by atomic mass is 32.1. The van der Waals surface area contributed by atoms with Crippen molar-refractivity contribution in [2.45, 2.75) is 6.54 Å². The first-order valence-corrected chi connectivity index (χ1v) is 7.84. The van der Waals surface area contributed by atoms with E-state index in [-0.39, 0.29) is 0 Å². The molecule has 24 heavy (non-hydrogen) atoms. The Balaban J connectivity index is 1.88. The van der Waals surface area contributed by atoms with E-state index in [2.05, 4.69) is 15.3 Å². The maximum atomic E-state index is 11.0. The molecule has 0 spiro atoms. The summed E-state index contributed by atoms with van der Waals surface area (Å²) in [7, 11) is 3.14. The molecule has 1 N–H and O–H groups in total. The van der Waals surface area contributed by atoms with E-state index in [0.717, 1.165) is 10.9 Å². The van der Waals surface area contributed by atoms with E-state index >= 15 is 0 Å². The number of hydrogen-bond acceptors (Lipinski definition) is 8. The summed E-state index contributed by atoms with van der Waals surface area (Å²) in [5.74, 6) is 1.27. The van der Waals surface area contributed by atoms with E-state index in [4.69, 9.17) is 9.47 Å². The first kappa shape index (κ1) is 15.9. The molecule has 0 aliphatic carbocycles. The first-order chi connectivity index (χ1) is 11.6. The minimum atomic E-state index is -0.596. The second-order valence-corrected chi connectivity index (χ2v) is 5.71. The molecule has 0 aliphatic rings. The highest BCUT2D eigenvalue weighted by Gasteiger charge is 2.18. The summed E-state index contributed by atoms with van der Waals surface area (Å²) in [4.78, 5) is 18.9. The smallest absolute Gasteiger partial charge is 0.472 e. The van der Waals surface area contributed by atoms with Crippen molar-refractivity contribution in [3.05, 3.63) is 45.3 Å². The highest BCUT2D eigenvalue weighted by Crippen LogP contribution is 2.30. The van der Waals surface area contributed by atoms with Gasteiger partial charge in [-0.3, -0.25) is 0 Å². The number of ether oxygens (including phenoxy) is 2. The summed E-state index contributed by atoms with van der Waals surface area (Å²) >= 11 is 1.33. The van der Waals surface area contributed by atoms with Gasteiger partial charge in [-0.2, -0.15) is 0 Å². The van der Waals surface area contributed by atoms with Crippen LogP contribution in [0.25, 0.3) is 10.2 Å². The molecule has 0 bridgehead atoms. The Bertz CT molecular complexity index is 896. The van der Waals surface area contributed by atoms with Crippen LogP contribution in [0.4, 0.5) is 11.8 Å². The van der Waals surface area contributed by atoms with E-state index < -0.39 is 10.9 Å². The van der Waals surface area contributed by atoms with Crippen molar-refractivity contribution < 1.29 is 14.4 Å². The third-order valence-corrected chi connectivity index (χ3v) is 4.19. The molecule has 0 aliphatic heterocycles. The van der Waals surface area contributed by atoms with Crippen molar-refractivity contribution in [3.8, 4) is 11.5 Å². The van der Waals surface area contributed by atoms with Crippen molar-refractivity contribution >= 4 is 33.3 Å². The summed E-state index contributed by atoms with van der Waals surface area (Å²) in [6.07, 6.45) is 0. The summed E-state index contributed by atoms with van der Waals surface area (Å²) in [5.41, 5.74) is 0.928. The average Bonchev–Trinajstić information content (AvgIpc) is 3.07. The second-order valence-electron chi connectivity index (χ2n) is 4.81. The van der Waals surface area contributed by atoms with E-state index in [0.29, 0.717) is 28.7 Å². The second kappa shape index (κ2) is 6.67. The number of thiophene rings is 1. The van der Waals surface area contributed by atoms with Crippen molar-refractivity contribution in [3.63, 3.8) is 0 Å². The standard InChI is InChI=1S/C15H14N4O4S/c1-22-11-4-3-9(7-12(11)23-2)8-16-13-10-5-6-24-14(10)18-15(17-13)19(20)21/h3-7H,8H2,1-2H3,(H,16,17,18). The minimum Gasteiger partial charge on any atom is -0.493 e. The van der Waals surface area contributed by atoms with Crippen LogP contribution in [0.15, 0.2) is 29.6 Å². The number of fused-ring (bicyclic) bond motifs is 1. The number of methoxy groups -OCH3 is 2. The van der Waals surface area contributed by atoms with Crippen molar-refractivity contribution in [2.24, 2.45) is 0 Å². The van der Waals surface area contributed by atoms with Gasteiger partial charge in [0.15, 0.2) is 11.5 Å². The van der Waals surface area contributed by atoms with Crippen molar-refractivity contribution in [2.75, 3.05) is 19.5 Å². The van der Waals surface area contributed by atoms with Gasteiger partial charge in [-0.1, -0.05) is 11.1 Å². The lowest BCUT2D eigenvalue weighted by Gasteiger charge is -2.10. The molecule has 124 valence electrons. The SMILES string of the molecule is COc1ccc(CNc2nc([N+](=O)[O-])nc3sccc23)cc1OC. The molecular formula is C15H14N4O4S. The lowest BCUT2D eigenvalue weighted by molar-refractivity contribution is -0.394. The van der Waals surface area contributed by atoms with E-state index in [1.54, 1.807) is 20.3 Å². The average molecular weight is 346 g/mol.